The Kier molecular flexibility index (Phi) is 4.39. The van der Waals surface area contributed by atoms with Crippen LogP contribution in [0, 0.1) is 0 Å². The molecule has 0 bridgehead atoms. The minimum Gasteiger partial charge on any atom is -0.550 e. The van der Waals surface area contributed by atoms with E-state index in [1.54, 1.807) is 13.4 Å². The Morgan fingerprint density at radius 3 is 2.30 bits per heavy atom. The molecule has 0 aromatic carbocycles. The first-order valence-electron chi connectivity index (χ1n) is 3.38. The van der Waals surface area contributed by atoms with Gasteiger partial charge in [-0.25, -0.2) is 0 Å². The van der Waals surface area contributed by atoms with E-state index in [1.165, 1.54) is 0 Å². The van der Waals surface area contributed by atoms with Gasteiger partial charge in [0.25, 0.3) is 0 Å². The largest absolute Gasteiger partial charge is 0.550 e. The van der Waals surface area contributed by atoms with E-state index >= 15 is 0 Å². The third kappa shape index (κ3) is 7.72. The highest BCUT2D eigenvalue weighted by molar-refractivity contribution is 6.69. The van der Waals surface area contributed by atoms with Gasteiger partial charge in [0.05, 0.1) is 12.9 Å². The molecule has 0 unspecified atom stereocenters. The van der Waals surface area contributed by atoms with Crippen molar-refractivity contribution in [3.05, 3.63) is 12.3 Å². The van der Waals surface area contributed by atoms with Crippen LogP contribution >= 0.6 is 0 Å². The highest BCUT2D eigenvalue weighted by atomic mass is 28.4. The summed E-state index contributed by atoms with van der Waals surface area (Å²) in [7, 11) is 0.316. The van der Waals surface area contributed by atoms with Gasteiger partial charge < -0.3 is 9.16 Å². The fourth-order valence-corrected chi connectivity index (χ4v) is 0.892. The summed E-state index contributed by atoms with van der Waals surface area (Å²) in [6.45, 7) is 7.06. The Labute approximate surface area is 64.0 Å². The van der Waals surface area contributed by atoms with Crippen molar-refractivity contribution in [1.29, 1.82) is 0 Å². The van der Waals surface area contributed by atoms with E-state index in [1.807, 2.05) is 6.08 Å². The highest BCUT2D eigenvalue weighted by Crippen LogP contribution is 2.01. The first-order valence-corrected chi connectivity index (χ1v) is 6.79. The molecule has 0 fully saturated rings. The Morgan fingerprint density at radius 2 is 1.90 bits per heavy atom. The zero-order chi connectivity index (χ0) is 8.04. The van der Waals surface area contributed by atoms with Gasteiger partial charge in [-0.15, -0.1) is 0 Å². The molecule has 0 aliphatic rings. The summed E-state index contributed by atoms with van der Waals surface area (Å²) < 4.78 is 10.2. The maximum atomic E-state index is 5.41. The molecule has 0 N–H and O–H groups in total. The van der Waals surface area contributed by atoms with E-state index in [0.29, 0.717) is 6.61 Å². The standard InChI is InChI=1S/C7H16O2Si/c1-8-6-5-7-9-10(2,3)4/h5,7H,6H2,1-4H3/b7-5+. The molecule has 0 aliphatic carbocycles. The average molecular weight is 160 g/mol. The molecule has 0 aromatic heterocycles. The molecule has 0 rings (SSSR count). The van der Waals surface area contributed by atoms with Crippen LogP contribution in [-0.4, -0.2) is 22.0 Å². The molecular formula is C7H16O2Si. The smallest absolute Gasteiger partial charge is 0.241 e. The minimum atomic E-state index is -1.35. The van der Waals surface area contributed by atoms with Crippen molar-refractivity contribution >= 4 is 8.32 Å². The van der Waals surface area contributed by atoms with Crippen LogP contribution in [-0.2, 0) is 9.16 Å². The van der Waals surface area contributed by atoms with Crippen LogP contribution in [0.1, 0.15) is 0 Å². The van der Waals surface area contributed by atoms with Crippen molar-refractivity contribution < 1.29 is 9.16 Å². The van der Waals surface area contributed by atoms with Crippen molar-refractivity contribution in [3.63, 3.8) is 0 Å². The SMILES string of the molecule is COC/C=C/O[Si](C)(C)C. The molecular weight excluding hydrogens is 144 g/mol. The summed E-state index contributed by atoms with van der Waals surface area (Å²) in [5.41, 5.74) is 0. The Bertz CT molecular complexity index is 105. The molecule has 0 heterocycles. The second-order valence-electron chi connectivity index (χ2n) is 3.06. The van der Waals surface area contributed by atoms with E-state index in [2.05, 4.69) is 19.6 Å². The molecule has 0 aromatic rings. The van der Waals surface area contributed by atoms with Gasteiger partial charge >= 0.3 is 0 Å². The summed E-state index contributed by atoms with van der Waals surface area (Å²) in [4.78, 5) is 0. The van der Waals surface area contributed by atoms with Crippen LogP contribution in [0.2, 0.25) is 19.6 Å². The molecule has 0 spiro atoms. The summed E-state index contributed by atoms with van der Waals surface area (Å²) in [6, 6.07) is 0. The first kappa shape index (κ1) is 9.72. The Morgan fingerprint density at radius 1 is 1.30 bits per heavy atom. The average Bonchev–Trinajstić information content (AvgIpc) is 1.78. The van der Waals surface area contributed by atoms with Gasteiger partial charge in [-0.05, 0) is 25.7 Å². The lowest BCUT2D eigenvalue weighted by Crippen LogP contribution is -2.21. The number of hydrogen-bond acceptors (Lipinski definition) is 2. The molecule has 10 heavy (non-hydrogen) atoms. The zero-order valence-electron chi connectivity index (χ0n) is 7.18. The summed E-state index contributed by atoms with van der Waals surface area (Å²) in [5.74, 6) is 0. The molecule has 0 saturated heterocycles. The number of hydrogen-bond donors (Lipinski definition) is 0. The van der Waals surface area contributed by atoms with E-state index in [9.17, 15) is 0 Å². The van der Waals surface area contributed by atoms with Crippen LogP contribution in [0.15, 0.2) is 12.3 Å². The third-order valence-electron chi connectivity index (χ3n) is 0.781. The number of methoxy groups -OCH3 is 1. The molecule has 0 amide bonds. The van der Waals surface area contributed by atoms with Gasteiger partial charge in [0.2, 0.25) is 8.32 Å². The van der Waals surface area contributed by atoms with Crippen molar-refractivity contribution in [1.82, 2.24) is 0 Å². The van der Waals surface area contributed by atoms with Gasteiger partial charge in [0.15, 0.2) is 0 Å². The zero-order valence-corrected chi connectivity index (χ0v) is 8.18. The quantitative estimate of drug-likeness (QED) is 0.462. The van der Waals surface area contributed by atoms with Crippen molar-refractivity contribution in [2.75, 3.05) is 13.7 Å². The predicted molar refractivity (Wildman–Crippen MR) is 45.4 cm³/mol. The fraction of sp³-hybridized carbons (Fsp3) is 0.714. The molecule has 0 saturated carbocycles. The van der Waals surface area contributed by atoms with Gasteiger partial charge in [0.1, 0.15) is 0 Å². The Balaban J connectivity index is 3.34. The first-order chi connectivity index (χ1) is 4.56. The maximum absolute atomic E-state index is 5.41. The van der Waals surface area contributed by atoms with Gasteiger partial charge in [-0.1, -0.05) is 0 Å². The van der Waals surface area contributed by atoms with Crippen molar-refractivity contribution in [2.24, 2.45) is 0 Å². The molecule has 60 valence electrons. The predicted octanol–water partition coefficient (Wildman–Crippen LogP) is 2.00. The van der Waals surface area contributed by atoms with Gasteiger partial charge in [-0.3, -0.25) is 0 Å². The van der Waals surface area contributed by atoms with Crippen LogP contribution < -0.4 is 0 Å². The van der Waals surface area contributed by atoms with E-state index in [4.69, 9.17) is 9.16 Å². The van der Waals surface area contributed by atoms with Crippen molar-refractivity contribution in [2.45, 2.75) is 19.6 Å². The van der Waals surface area contributed by atoms with Crippen molar-refractivity contribution in [3.8, 4) is 0 Å². The fourth-order valence-electron chi connectivity index (χ4n) is 0.388. The lowest BCUT2D eigenvalue weighted by atomic mass is 10.7. The molecule has 0 atom stereocenters. The molecule has 2 nitrogen and oxygen atoms in total. The van der Waals surface area contributed by atoms with E-state index in [-0.39, 0.29) is 0 Å². The topological polar surface area (TPSA) is 18.5 Å². The molecule has 0 aliphatic heterocycles. The highest BCUT2D eigenvalue weighted by Gasteiger charge is 2.12. The molecule has 0 radical (unpaired) electrons. The second kappa shape index (κ2) is 4.52. The Hall–Kier alpha value is -0.283. The minimum absolute atomic E-state index is 0.629. The normalized spacial score (nSPS) is 12.4. The van der Waals surface area contributed by atoms with E-state index in [0.717, 1.165) is 0 Å². The van der Waals surface area contributed by atoms with Gasteiger partial charge in [-0.2, -0.15) is 0 Å². The molecule has 3 heteroatoms. The third-order valence-corrected chi connectivity index (χ3v) is 1.62. The van der Waals surface area contributed by atoms with E-state index < -0.39 is 8.32 Å². The monoisotopic (exact) mass is 160 g/mol. The van der Waals surface area contributed by atoms with Crippen LogP contribution in [0.5, 0.6) is 0 Å². The lowest BCUT2D eigenvalue weighted by Gasteiger charge is -2.14. The lowest BCUT2D eigenvalue weighted by molar-refractivity contribution is 0.232. The number of ether oxygens (including phenoxy) is 1. The summed E-state index contributed by atoms with van der Waals surface area (Å²) in [6.07, 6.45) is 3.61. The summed E-state index contributed by atoms with van der Waals surface area (Å²) >= 11 is 0. The van der Waals surface area contributed by atoms with Crippen LogP contribution in [0.25, 0.3) is 0 Å². The summed E-state index contributed by atoms with van der Waals surface area (Å²) in [5, 5.41) is 0. The second-order valence-corrected chi connectivity index (χ2v) is 7.52. The van der Waals surface area contributed by atoms with Crippen LogP contribution in [0.3, 0.4) is 0 Å². The number of rotatable bonds is 4. The maximum Gasteiger partial charge on any atom is 0.241 e. The van der Waals surface area contributed by atoms with Gasteiger partial charge in [0, 0.05) is 7.11 Å². The van der Waals surface area contributed by atoms with Crippen LogP contribution in [0.4, 0.5) is 0 Å².